The molecule has 0 saturated carbocycles. The van der Waals surface area contributed by atoms with Crippen LogP contribution in [0.1, 0.15) is 23.1 Å². The van der Waals surface area contributed by atoms with E-state index in [0.29, 0.717) is 5.17 Å². The van der Waals surface area contributed by atoms with Crippen molar-refractivity contribution in [1.29, 1.82) is 0 Å². The van der Waals surface area contributed by atoms with Gasteiger partial charge in [0.1, 0.15) is 5.25 Å². The van der Waals surface area contributed by atoms with Crippen LogP contribution >= 0.6 is 11.8 Å². The molecule has 6 nitrogen and oxygen atoms in total. The van der Waals surface area contributed by atoms with Gasteiger partial charge in [-0.1, -0.05) is 54.2 Å². The zero-order valence-electron chi connectivity index (χ0n) is 15.1. The van der Waals surface area contributed by atoms with Crippen LogP contribution in [0.25, 0.3) is 0 Å². The van der Waals surface area contributed by atoms with Crippen molar-refractivity contribution in [3.05, 3.63) is 65.2 Å². The molecule has 0 spiro atoms. The lowest BCUT2D eigenvalue weighted by Crippen LogP contribution is -2.28. The number of nitrogens with zero attached hydrogens (tertiary/aromatic N) is 2. The van der Waals surface area contributed by atoms with Gasteiger partial charge in [0.15, 0.2) is 5.17 Å². The van der Waals surface area contributed by atoms with Crippen molar-refractivity contribution in [1.82, 2.24) is 5.32 Å². The Balaban J connectivity index is 1.57. The molecule has 1 fully saturated rings. The standard InChI is InChI=1S/C20H20N4O2S/c1-13-7-6-10-16(14(13)2)22-18(25)11-17-19(26)23-20(27-17)24-21-12-15-8-4-3-5-9-15/h3-10,12,17H,11H2,1-2H3,(H,22,25)(H,23,24,26)/b21-12-/t17-/m1/s1. The summed E-state index contributed by atoms with van der Waals surface area (Å²) in [6, 6.07) is 15.3. The second kappa shape index (κ2) is 8.64. The first-order valence-corrected chi connectivity index (χ1v) is 9.40. The second-order valence-corrected chi connectivity index (χ2v) is 7.35. The summed E-state index contributed by atoms with van der Waals surface area (Å²) in [5, 5.41) is 13.4. The van der Waals surface area contributed by atoms with Crippen LogP contribution < -0.4 is 10.6 Å². The van der Waals surface area contributed by atoms with E-state index in [-0.39, 0.29) is 18.2 Å². The third-order valence-electron chi connectivity index (χ3n) is 4.18. The van der Waals surface area contributed by atoms with E-state index < -0.39 is 5.25 Å². The number of amidine groups is 1. The molecule has 0 bridgehead atoms. The minimum atomic E-state index is -0.513. The van der Waals surface area contributed by atoms with Crippen LogP contribution in [0.15, 0.2) is 58.7 Å². The van der Waals surface area contributed by atoms with Gasteiger partial charge in [0, 0.05) is 12.1 Å². The van der Waals surface area contributed by atoms with Crippen molar-refractivity contribution in [2.45, 2.75) is 25.5 Å². The number of thioether (sulfide) groups is 1. The van der Waals surface area contributed by atoms with Crippen LogP contribution in [0.2, 0.25) is 0 Å². The fourth-order valence-electron chi connectivity index (χ4n) is 2.53. The minimum absolute atomic E-state index is 0.0747. The van der Waals surface area contributed by atoms with Gasteiger partial charge in [-0.25, -0.2) is 0 Å². The van der Waals surface area contributed by atoms with E-state index in [4.69, 9.17) is 0 Å². The van der Waals surface area contributed by atoms with Gasteiger partial charge in [-0.15, -0.1) is 5.10 Å². The molecule has 0 unspecified atom stereocenters. The second-order valence-electron chi connectivity index (χ2n) is 6.16. The van der Waals surface area contributed by atoms with E-state index in [1.54, 1.807) is 6.21 Å². The first-order valence-electron chi connectivity index (χ1n) is 8.52. The average molecular weight is 380 g/mol. The number of hydrogen-bond acceptors (Lipinski definition) is 5. The lowest BCUT2D eigenvalue weighted by molar-refractivity contribution is -0.122. The minimum Gasteiger partial charge on any atom is -0.326 e. The van der Waals surface area contributed by atoms with Crippen LogP contribution in [0.5, 0.6) is 0 Å². The van der Waals surface area contributed by atoms with Gasteiger partial charge in [-0.2, -0.15) is 5.10 Å². The Labute approximate surface area is 162 Å². The smallest absolute Gasteiger partial charge is 0.240 e. The molecule has 2 N–H and O–H groups in total. The molecule has 2 aromatic carbocycles. The van der Waals surface area contributed by atoms with Crippen molar-refractivity contribution in [3.8, 4) is 0 Å². The molecule has 1 saturated heterocycles. The molecule has 138 valence electrons. The first kappa shape index (κ1) is 18.8. The monoisotopic (exact) mass is 380 g/mol. The molecule has 1 aliphatic rings. The average Bonchev–Trinajstić information content (AvgIpc) is 2.99. The van der Waals surface area contributed by atoms with Crippen LogP contribution in [-0.2, 0) is 9.59 Å². The predicted molar refractivity (Wildman–Crippen MR) is 110 cm³/mol. The summed E-state index contributed by atoms with van der Waals surface area (Å²) >= 11 is 1.21. The zero-order valence-corrected chi connectivity index (χ0v) is 15.9. The number of anilines is 1. The van der Waals surface area contributed by atoms with Crippen molar-refractivity contribution in [2.24, 2.45) is 10.2 Å². The van der Waals surface area contributed by atoms with Crippen molar-refractivity contribution >= 4 is 40.6 Å². The number of rotatable bonds is 5. The largest absolute Gasteiger partial charge is 0.326 e. The Bertz CT molecular complexity index is 909. The van der Waals surface area contributed by atoms with Gasteiger partial charge in [-0.05, 0) is 36.6 Å². The topological polar surface area (TPSA) is 82.9 Å². The van der Waals surface area contributed by atoms with Crippen LogP contribution in [0, 0.1) is 13.8 Å². The quantitative estimate of drug-likeness (QED) is 0.617. The van der Waals surface area contributed by atoms with E-state index >= 15 is 0 Å². The molecular formula is C20H20N4O2S. The SMILES string of the molecule is Cc1cccc(NC(=O)C[C@H]2S/C(=N/N=C\c3ccccc3)NC2=O)c1C. The molecule has 2 amide bonds. The highest BCUT2D eigenvalue weighted by atomic mass is 32.2. The van der Waals surface area contributed by atoms with Crippen molar-refractivity contribution in [2.75, 3.05) is 5.32 Å². The van der Waals surface area contributed by atoms with Crippen LogP contribution in [0.4, 0.5) is 5.69 Å². The summed E-state index contributed by atoms with van der Waals surface area (Å²) in [5.41, 5.74) is 3.81. The maximum Gasteiger partial charge on any atom is 0.240 e. The number of amides is 2. The molecule has 0 aromatic heterocycles. The molecule has 27 heavy (non-hydrogen) atoms. The van der Waals surface area contributed by atoms with Gasteiger partial charge < -0.3 is 10.6 Å². The van der Waals surface area contributed by atoms with Crippen molar-refractivity contribution in [3.63, 3.8) is 0 Å². The molecule has 2 aromatic rings. The third-order valence-corrected chi connectivity index (χ3v) is 5.25. The number of benzene rings is 2. The molecule has 3 rings (SSSR count). The Hall–Kier alpha value is -2.93. The van der Waals surface area contributed by atoms with E-state index in [1.165, 1.54) is 11.8 Å². The highest BCUT2D eigenvalue weighted by Gasteiger charge is 2.32. The van der Waals surface area contributed by atoms with Crippen LogP contribution in [0.3, 0.4) is 0 Å². The molecule has 0 aliphatic carbocycles. The van der Waals surface area contributed by atoms with Crippen molar-refractivity contribution < 1.29 is 9.59 Å². The summed E-state index contributed by atoms with van der Waals surface area (Å²) in [4.78, 5) is 24.4. The third kappa shape index (κ3) is 5.04. The fraction of sp³-hybridized carbons (Fsp3) is 0.200. The Morgan fingerprint density at radius 1 is 1.19 bits per heavy atom. The molecule has 1 atom stereocenters. The Morgan fingerprint density at radius 3 is 2.74 bits per heavy atom. The van der Waals surface area contributed by atoms with Gasteiger partial charge in [0.2, 0.25) is 11.8 Å². The highest BCUT2D eigenvalue weighted by Crippen LogP contribution is 2.24. The number of aryl methyl sites for hydroxylation is 1. The van der Waals surface area contributed by atoms with Gasteiger partial charge >= 0.3 is 0 Å². The highest BCUT2D eigenvalue weighted by molar-refractivity contribution is 8.15. The predicted octanol–water partition coefficient (Wildman–Crippen LogP) is 3.25. The van der Waals surface area contributed by atoms with E-state index in [1.807, 2.05) is 62.4 Å². The van der Waals surface area contributed by atoms with Gasteiger partial charge in [0.05, 0.1) is 6.21 Å². The zero-order chi connectivity index (χ0) is 19.2. The number of nitrogens with one attached hydrogen (secondary N) is 2. The summed E-state index contributed by atoms with van der Waals surface area (Å²) in [7, 11) is 0. The van der Waals surface area contributed by atoms with Gasteiger partial charge in [-0.3, -0.25) is 9.59 Å². The first-order chi connectivity index (χ1) is 13.0. The van der Waals surface area contributed by atoms with Crippen LogP contribution in [-0.4, -0.2) is 28.4 Å². The summed E-state index contributed by atoms with van der Waals surface area (Å²) in [5.74, 6) is -0.435. The maximum atomic E-state index is 12.3. The normalized spacial score (nSPS) is 18.1. The Kier molecular flexibility index (Phi) is 6.03. The number of carbonyl (C=O) groups excluding carboxylic acids is 2. The van der Waals surface area contributed by atoms with E-state index in [9.17, 15) is 9.59 Å². The molecule has 7 heteroatoms. The molecule has 1 heterocycles. The fourth-order valence-corrected chi connectivity index (χ4v) is 3.45. The summed E-state index contributed by atoms with van der Waals surface area (Å²) < 4.78 is 0. The van der Waals surface area contributed by atoms with E-state index in [2.05, 4.69) is 20.8 Å². The lowest BCUT2D eigenvalue weighted by atomic mass is 10.1. The Morgan fingerprint density at radius 2 is 1.96 bits per heavy atom. The van der Waals surface area contributed by atoms with Gasteiger partial charge in [0.25, 0.3) is 0 Å². The maximum absolute atomic E-state index is 12.3. The molecular weight excluding hydrogens is 360 g/mol. The van der Waals surface area contributed by atoms with E-state index in [0.717, 1.165) is 22.4 Å². The number of hydrogen-bond donors (Lipinski definition) is 2. The molecule has 0 radical (unpaired) electrons. The summed E-state index contributed by atoms with van der Waals surface area (Å²) in [6.45, 7) is 3.95. The lowest BCUT2D eigenvalue weighted by Gasteiger charge is -2.11. The molecule has 1 aliphatic heterocycles. The number of carbonyl (C=O) groups is 2. The summed E-state index contributed by atoms with van der Waals surface area (Å²) in [6.07, 6.45) is 1.69.